The van der Waals surface area contributed by atoms with Gasteiger partial charge in [-0.3, -0.25) is 0 Å². The Morgan fingerprint density at radius 1 is 1.04 bits per heavy atom. The zero-order valence-electron chi connectivity index (χ0n) is 12.5. The van der Waals surface area contributed by atoms with Crippen molar-refractivity contribution < 1.29 is 9.15 Å². The monoisotopic (exact) mass is 316 g/mol. The summed E-state index contributed by atoms with van der Waals surface area (Å²) in [4.78, 5) is 11.7. The number of ether oxygens (including phenoxy) is 1. The van der Waals surface area contributed by atoms with E-state index in [-0.39, 0.29) is 5.88 Å². The zero-order valence-corrected chi connectivity index (χ0v) is 12.5. The average Bonchev–Trinajstić information content (AvgIpc) is 2.61. The number of allylic oxidation sites excluding steroid dienone is 1. The molecule has 0 radical (unpaired) electrons. The molecule has 2 aromatic carbocycles. The highest BCUT2D eigenvalue weighted by molar-refractivity contribution is 5.84. The Hall–Kier alpha value is -3.52. The van der Waals surface area contributed by atoms with Crippen LogP contribution in [0.1, 0.15) is 17.0 Å². The maximum absolute atomic E-state index is 11.7. The summed E-state index contributed by atoms with van der Waals surface area (Å²) in [5.41, 5.74) is 7.72. The topological polar surface area (TPSA) is 89.3 Å². The first kappa shape index (κ1) is 14.1. The summed E-state index contributed by atoms with van der Waals surface area (Å²) in [5, 5.41) is 10.3. The molecule has 1 aliphatic rings. The van der Waals surface area contributed by atoms with E-state index in [0.29, 0.717) is 22.5 Å². The van der Waals surface area contributed by atoms with Crippen LogP contribution in [0.4, 0.5) is 0 Å². The molecule has 0 saturated carbocycles. The molecule has 1 atom stereocenters. The molecule has 116 valence electrons. The van der Waals surface area contributed by atoms with Crippen LogP contribution < -0.4 is 16.1 Å². The van der Waals surface area contributed by atoms with E-state index in [9.17, 15) is 10.1 Å². The Kier molecular flexibility index (Phi) is 3.10. The quantitative estimate of drug-likeness (QED) is 0.697. The van der Waals surface area contributed by atoms with Crippen molar-refractivity contribution in [3.8, 4) is 11.8 Å². The maximum Gasteiger partial charge on any atom is 0.336 e. The van der Waals surface area contributed by atoms with Crippen LogP contribution in [0.2, 0.25) is 0 Å². The maximum atomic E-state index is 11.7. The molecule has 0 amide bonds. The van der Waals surface area contributed by atoms with Gasteiger partial charge < -0.3 is 14.9 Å². The van der Waals surface area contributed by atoms with Crippen LogP contribution in [0, 0.1) is 11.3 Å². The Labute approximate surface area is 137 Å². The van der Waals surface area contributed by atoms with Gasteiger partial charge in [0.25, 0.3) is 0 Å². The largest absolute Gasteiger partial charge is 0.440 e. The fourth-order valence-electron chi connectivity index (χ4n) is 3.06. The summed E-state index contributed by atoms with van der Waals surface area (Å²) in [6.45, 7) is 0. The second-order valence-electron chi connectivity index (χ2n) is 5.49. The minimum atomic E-state index is -0.455. The fraction of sp³-hybridized carbons (Fsp3) is 0.0526. The van der Waals surface area contributed by atoms with Gasteiger partial charge in [0.15, 0.2) is 0 Å². The minimum Gasteiger partial charge on any atom is -0.440 e. The van der Waals surface area contributed by atoms with Crippen molar-refractivity contribution in [2.45, 2.75) is 5.92 Å². The number of nitriles is 1. The van der Waals surface area contributed by atoms with Gasteiger partial charge in [0.2, 0.25) is 5.88 Å². The van der Waals surface area contributed by atoms with Crippen molar-refractivity contribution in [2.75, 3.05) is 0 Å². The first-order valence-corrected chi connectivity index (χ1v) is 7.38. The van der Waals surface area contributed by atoms with Crippen LogP contribution in [0.25, 0.3) is 11.0 Å². The Balaban J connectivity index is 2.11. The average molecular weight is 316 g/mol. The summed E-state index contributed by atoms with van der Waals surface area (Å²) < 4.78 is 11.0. The van der Waals surface area contributed by atoms with Gasteiger partial charge in [0.1, 0.15) is 23.0 Å². The number of nitrogens with zero attached hydrogens (tertiary/aromatic N) is 1. The number of hydrogen-bond donors (Lipinski definition) is 1. The summed E-state index contributed by atoms with van der Waals surface area (Å²) in [6, 6.07) is 18.2. The van der Waals surface area contributed by atoms with Crippen molar-refractivity contribution >= 4 is 11.0 Å². The fourth-order valence-corrected chi connectivity index (χ4v) is 3.06. The molecule has 0 saturated heterocycles. The first-order chi connectivity index (χ1) is 11.7. The third-order valence-corrected chi connectivity index (χ3v) is 4.10. The van der Waals surface area contributed by atoms with Crippen molar-refractivity contribution in [1.29, 1.82) is 5.26 Å². The lowest BCUT2D eigenvalue weighted by molar-refractivity contribution is 0.392. The molecule has 4 rings (SSSR count). The van der Waals surface area contributed by atoms with Gasteiger partial charge in [-0.05, 0) is 23.8 Å². The summed E-state index contributed by atoms with van der Waals surface area (Å²) in [6.07, 6.45) is 0. The zero-order chi connectivity index (χ0) is 16.7. The standard InChI is InChI=1S/C19H12N2O3/c20-10-13-16(11-4-2-1-3-5-11)17-14(23-19(13)21)8-6-12-7-9-15(22)24-18(12)17/h1-9,16H,21H2. The molecule has 1 unspecified atom stereocenters. The SMILES string of the molecule is N#CC1=C(N)Oc2ccc3ccc(=O)oc3c2C1c1ccccc1. The molecule has 0 bridgehead atoms. The highest BCUT2D eigenvalue weighted by Gasteiger charge is 2.33. The van der Waals surface area contributed by atoms with Crippen LogP contribution in [0.15, 0.2) is 75.3 Å². The van der Waals surface area contributed by atoms with Crippen LogP contribution in [0.3, 0.4) is 0 Å². The molecular weight excluding hydrogens is 304 g/mol. The number of nitrogens with two attached hydrogens (primary N) is 1. The van der Waals surface area contributed by atoms with E-state index in [1.165, 1.54) is 6.07 Å². The van der Waals surface area contributed by atoms with Crippen molar-refractivity contribution in [3.63, 3.8) is 0 Å². The molecule has 2 heterocycles. The van der Waals surface area contributed by atoms with Gasteiger partial charge in [-0.1, -0.05) is 30.3 Å². The van der Waals surface area contributed by atoms with Crippen LogP contribution in [-0.4, -0.2) is 0 Å². The van der Waals surface area contributed by atoms with E-state index in [4.69, 9.17) is 14.9 Å². The highest BCUT2D eigenvalue weighted by Crippen LogP contribution is 2.45. The third kappa shape index (κ3) is 2.05. The molecule has 5 nitrogen and oxygen atoms in total. The predicted octanol–water partition coefficient (Wildman–Crippen LogP) is 3.01. The minimum absolute atomic E-state index is 0.0662. The van der Waals surface area contributed by atoms with E-state index in [0.717, 1.165) is 10.9 Å². The normalized spacial score (nSPS) is 16.4. The number of benzene rings is 2. The Morgan fingerprint density at radius 3 is 2.54 bits per heavy atom. The smallest absolute Gasteiger partial charge is 0.336 e. The lowest BCUT2D eigenvalue weighted by Gasteiger charge is -2.26. The molecule has 24 heavy (non-hydrogen) atoms. The van der Waals surface area contributed by atoms with Gasteiger partial charge in [0, 0.05) is 11.5 Å². The van der Waals surface area contributed by atoms with Gasteiger partial charge in [0.05, 0.1) is 11.5 Å². The third-order valence-electron chi connectivity index (χ3n) is 4.10. The van der Waals surface area contributed by atoms with E-state index in [2.05, 4.69) is 6.07 Å². The van der Waals surface area contributed by atoms with Gasteiger partial charge >= 0.3 is 5.63 Å². The van der Waals surface area contributed by atoms with Crippen molar-refractivity contribution in [1.82, 2.24) is 0 Å². The molecule has 0 spiro atoms. The molecule has 2 N–H and O–H groups in total. The lowest BCUT2D eigenvalue weighted by atomic mass is 9.83. The highest BCUT2D eigenvalue weighted by atomic mass is 16.5. The second-order valence-corrected chi connectivity index (χ2v) is 5.49. The van der Waals surface area contributed by atoms with Crippen LogP contribution in [0.5, 0.6) is 5.75 Å². The van der Waals surface area contributed by atoms with Crippen molar-refractivity contribution in [3.05, 3.63) is 87.6 Å². The first-order valence-electron chi connectivity index (χ1n) is 7.38. The van der Waals surface area contributed by atoms with Crippen LogP contribution >= 0.6 is 0 Å². The molecule has 5 heteroatoms. The number of hydrogen-bond acceptors (Lipinski definition) is 5. The lowest BCUT2D eigenvalue weighted by Crippen LogP contribution is -2.21. The molecule has 3 aromatic rings. The molecule has 0 fully saturated rings. The van der Waals surface area contributed by atoms with E-state index >= 15 is 0 Å². The van der Waals surface area contributed by atoms with E-state index in [1.807, 2.05) is 30.3 Å². The molecule has 0 aliphatic carbocycles. The predicted molar refractivity (Wildman–Crippen MR) is 88.2 cm³/mol. The van der Waals surface area contributed by atoms with E-state index in [1.54, 1.807) is 18.2 Å². The summed E-state index contributed by atoms with van der Waals surface area (Å²) in [7, 11) is 0. The van der Waals surface area contributed by atoms with Crippen molar-refractivity contribution in [2.24, 2.45) is 5.73 Å². The molecule has 1 aromatic heterocycles. The number of fused-ring (bicyclic) bond motifs is 3. The van der Waals surface area contributed by atoms with Gasteiger partial charge in [-0.15, -0.1) is 0 Å². The van der Waals surface area contributed by atoms with Crippen LogP contribution in [-0.2, 0) is 0 Å². The summed E-state index contributed by atoms with van der Waals surface area (Å²) >= 11 is 0. The second kappa shape index (κ2) is 5.28. The Bertz CT molecular complexity index is 1080. The summed E-state index contributed by atoms with van der Waals surface area (Å²) in [5.74, 6) is 0.105. The van der Waals surface area contributed by atoms with E-state index < -0.39 is 11.5 Å². The molecule has 1 aliphatic heterocycles. The van der Waals surface area contributed by atoms with Gasteiger partial charge in [-0.25, -0.2) is 4.79 Å². The van der Waals surface area contributed by atoms with Gasteiger partial charge in [-0.2, -0.15) is 5.26 Å². The molecular formula is C19H12N2O3. The number of rotatable bonds is 1. The Morgan fingerprint density at radius 2 is 1.79 bits per heavy atom.